The van der Waals surface area contributed by atoms with Crippen LogP contribution in [0.25, 0.3) is 0 Å². The minimum Gasteiger partial charge on any atom is -0.493 e. The van der Waals surface area contributed by atoms with Gasteiger partial charge < -0.3 is 14.6 Å². The van der Waals surface area contributed by atoms with E-state index < -0.39 is 4.92 Å². The van der Waals surface area contributed by atoms with Gasteiger partial charge in [-0.15, -0.1) is 0 Å². The number of non-ortho nitro benzene ring substituents is 1. The van der Waals surface area contributed by atoms with Gasteiger partial charge in [0.15, 0.2) is 17.2 Å². The van der Waals surface area contributed by atoms with Gasteiger partial charge in [-0.1, -0.05) is 23.7 Å². The number of nitrogens with zero attached hydrogens (tertiary/aromatic N) is 1. The fourth-order valence-electron chi connectivity index (χ4n) is 1.76. The van der Waals surface area contributed by atoms with Crippen LogP contribution in [0.3, 0.4) is 0 Å². The fraction of sp³-hybridized carbons (Fsp3) is 0.143. The summed E-state index contributed by atoms with van der Waals surface area (Å²) in [5.74, 6) is 0.708. The molecular weight excluding hydrogens is 298 g/mol. The summed E-state index contributed by atoms with van der Waals surface area (Å²) in [4.78, 5) is 10.3. The van der Waals surface area contributed by atoms with Crippen LogP contribution >= 0.6 is 11.6 Å². The first-order chi connectivity index (χ1) is 10.1. The Balaban J connectivity index is 2.48. The monoisotopic (exact) mass is 309 g/mol. The molecule has 7 heteroatoms. The van der Waals surface area contributed by atoms with Crippen molar-refractivity contribution in [3.05, 3.63) is 57.1 Å². The van der Waals surface area contributed by atoms with Gasteiger partial charge in [-0.25, -0.2) is 0 Å². The molecule has 0 aromatic heterocycles. The van der Waals surface area contributed by atoms with E-state index >= 15 is 0 Å². The molecule has 0 bridgehead atoms. The van der Waals surface area contributed by atoms with Gasteiger partial charge in [-0.3, -0.25) is 10.1 Å². The molecule has 0 saturated heterocycles. The van der Waals surface area contributed by atoms with E-state index in [0.717, 1.165) is 0 Å². The predicted octanol–water partition coefficient (Wildman–Crippen LogP) is 3.54. The van der Waals surface area contributed by atoms with Crippen molar-refractivity contribution in [3.63, 3.8) is 0 Å². The third kappa shape index (κ3) is 3.24. The Morgan fingerprint density at radius 2 is 2.05 bits per heavy atom. The van der Waals surface area contributed by atoms with Crippen LogP contribution in [-0.2, 0) is 6.61 Å². The third-order valence-electron chi connectivity index (χ3n) is 2.79. The Labute approximate surface area is 125 Å². The van der Waals surface area contributed by atoms with Crippen molar-refractivity contribution in [2.45, 2.75) is 6.61 Å². The number of aliphatic hydroxyl groups is 1. The van der Waals surface area contributed by atoms with Crippen molar-refractivity contribution >= 4 is 17.3 Å². The second-order valence-electron chi connectivity index (χ2n) is 4.08. The fourth-order valence-corrected chi connectivity index (χ4v) is 1.99. The summed E-state index contributed by atoms with van der Waals surface area (Å²) in [6.07, 6.45) is 0. The van der Waals surface area contributed by atoms with E-state index in [1.165, 1.54) is 25.3 Å². The van der Waals surface area contributed by atoms with Gasteiger partial charge in [0.1, 0.15) is 0 Å². The van der Waals surface area contributed by atoms with Crippen LogP contribution in [0.15, 0.2) is 36.4 Å². The maximum Gasteiger partial charge on any atom is 0.273 e. The molecule has 0 amide bonds. The van der Waals surface area contributed by atoms with Gasteiger partial charge >= 0.3 is 0 Å². The molecule has 0 fully saturated rings. The largest absolute Gasteiger partial charge is 0.493 e. The number of hydrogen-bond acceptors (Lipinski definition) is 5. The summed E-state index contributed by atoms with van der Waals surface area (Å²) in [6.45, 7) is -0.271. The number of hydrogen-bond donors (Lipinski definition) is 1. The Bertz CT molecular complexity index is 674. The molecule has 0 aliphatic rings. The summed E-state index contributed by atoms with van der Waals surface area (Å²) in [6, 6.07) is 8.90. The van der Waals surface area contributed by atoms with E-state index in [2.05, 4.69) is 0 Å². The average Bonchev–Trinajstić information content (AvgIpc) is 2.49. The minimum atomic E-state index is -0.536. The Morgan fingerprint density at radius 1 is 1.29 bits per heavy atom. The van der Waals surface area contributed by atoms with Crippen LogP contribution in [0.4, 0.5) is 5.69 Å². The smallest absolute Gasteiger partial charge is 0.273 e. The lowest BCUT2D eigenvalue weighted by molar-refractivity contribution is -0.384. The highest BCUT2D eigenvalue weighted by Crippen LogP contribution is 2.39. The van der Waals surface area contributed by atoms with Crippen LogP contribution in [-0.4, -0.2) is 17.1 Å². The normalized spacial score (nSPS) is 10.2. The maximum absolute atomic E-state index is 10.8. The Hall–Kier alpha value is -2.31. The summed E-state index contributed by atoms with van der Waals surface area (Å²) < 4.78 is 10.7. The Kier molecular flexibility index (Phi) is 4.62. The number of methoxy groups -OCH3 is 1. The molecule has 0 aliphatic carbocycles. The number of para-hydroxylation sites is 1. The van der Waals surface area contributed by atoms with Crippen LogP contribution in [0.2, 0.25) is 5.02 Å². The zero-order valence-corrected chi connectivity index (χ0v) is 11.8. The van der Waals surface area contributed by atoms with Crippen molar-refractivity contribution in [3.8, 4) is 17.2 Å². The molecule has 21 heavy (non-hydrogen) atoms. The van der Waals surface area contributed by atoms with Crippen LogP contribution in [0.1, 0.15) is 5.56 Å². The van der Waals surface area contributed by atoms with Crippen LogP contribution < -0.4 is 9.47 Å². The number of aliphatic hydroxyl groups excluding tert-OH is 1. The van der Waals surface area contributed by atoms with Gasteiger partial charge in [0.05, 0.1) is 29.7 Å². The lowest BCUT2D eigenvalue weighted by atomic mass is 10.2. The molecule has 6 nitrogen and oxygen atoms in total. The number of rotatable bonds is 5. The highest BCUT2D eigenvalue weighted by atomic mass is 35.5. The molecule has 0 aliphatic heterocycles. The highest BCUT2D eigenvalue weighted by Gasteiger charge is 2.16. The van der Waals surface area contributed by atoms with E-state index in [0.29, 0.717) is 11.3 Å². The van der Waals surface area contributed by atoms with E-state index in [4.69, 9.17) is 21.1 Å². The van der Waals surface area contributed by atoms with E-state index in [1.54, 1.807) is 18.2 Å². The molecule has 2 aromatic rings. The SMILES string of the molecule is COc1ccc([N+](=O)[O-])cc1Oc1c(Cl)cccc1CO. The second-order valence-corrected chi connectivity index (χ2v) is 4.49. The standard InChI is InChI=1S/C14H12ClNO5/c1-20-12-6-5-10(16(18)19)7-13(12)21-14-9(8-17)3-2-4-11(14)15/h2-7,17H,8H2,1H3. The molecule has 1 N–H and O–H groups in total. The van der Waals surface area contributed by atoms with E-state index in [9.17, 15) is 15.2 Å². The minimum absolute atomic E-state index is 0.136. The first kappa shape index (κ1) is 15.1. The highest BCUT2D eigenvalue weighted by molar-refractivity contribution is 6.32. The van der Waals surface area contributed by atoms with Crippen LogP contribution in [0.5, 0.6) is 17.2 Å². The molecule has 0 atom stereocenters. The maximum atomic E-state index is 10.8. The molecule has 110 valence electrons. The predicted molar refractivity (Wildman–Crippen MR) is 77.1 cm³/mol. The molecule has 0 heterocycles. The van der Waals surface area contributed by atoms with Gasteiger partial charge in [-0.05, 0) is 12.1 Å². The molecule has 0 saturated carbocycles. The van der Waals surface area contributed by atoms with Gasteiger partial charge in [0.2, 0.25) is 0 Å². The average molecular weight is 310 g/mol. The van der Waals surface area contributed by atoms with Crippen molar-refractivity contribution in [2.75, 3.05) is 7.11 Å². The first-order valence-corrected chi connectivity index (χ1v) is 6.33. The van der Waals surface area contributed by atoms with Gasteiger partial charge in [-0.2, -0.15) is 0 Å². The van der Waals surface area contributed by atoms with E-state index in [-0.39, 0.29) is 28.8 Å². The van der Waals surface area contributed by atoms with Crippen LogP contribution in [0, 0.1) is 10.1 Å². The number of ether oxygens (including phenoxy) is 2. The zero-order chi connectivity index (χ0) is 15.4. The Morgan fingerprint density at radius 3 is 2.67 bits per heavy atom. The lowest BCUT2D eigenvalue weighted by Crippen LogP contribution is -1.96. The number of nitro benzene ring substituents is 1. The number of benzene rings is 2. The van der Waals surface area contributed by atoms with Crippen molar-refractivity contribution in [1.82, 2.24) is 0 Å². The topological polar surface area (TPSA) is 81.8 Å². The summed E-state index contributed by atoms with van der Waals surface area (Å²) >= 11 is 6.05. The summed E-state index contributed by atoms with van der Waals surface area (Å²) in [5, 5.41) is 20.4. The quantitative estimate of drug-likeness (QED) is 0.674. The zero-order valence-electron chi connectivity index (χ0n) is 11.1. The third-order valence-corrected chi connectivity index (χ3v) is 3.09. The number of halogens is 1. The molecule has 0 unspecified atom stereocenters. The second kappa shape index (κ2) is 6.43. The summed E-state index contributed by atoms with van der Waals surface area (Å²) in [5.41, 5.74) is 0.333. The lowest BCUT2D eigenvalue weighted by Gasteiger charge is -2.13. The van der Waals surface area contributed by atoms with Crippen molar-refractivity contribution in [2.24, 2.45) is 0 Å². The van der Waals surface area contributed by atoms with E-state index in [1.807, 2.05) is 0 Å². The molecule has 0 radical (unpaired) electrons. The van der Waals surface area contributed by atoms with Crippen molar-refractivity contribution in [1.29, 1.82) is 0 Å². The van der Waals surface area contributed by atoms with Gasteiger partial charge in [0, 0.05) is 11.6 Å². The molecule has 0 spiro atoms. The summed E-state index contributed by atoms with van der Waals surface area (Å²) in [7, 11) is 1.42. The molecular formula is C14H12ClNO5. The number of nitro groups is 1. The molecule has 2 rings (SSSR count). The first-order valence-electron chi connectivity index (χ1n) is 5.95. The molecule has 2 aromatic carbocycles. The van der Waals surface area contributed by atoms with Gasteiger partial charge in [0.25, 0.3) is 5.69 Å². The van der Waals surface area contributed by atoms with Crippen molar-refractivity contribution < 1.29 is 19.5 Å².